The predicted octanol–water partition coefficient (Wildman–Crippen LogP) is 3.00. The molecule has 1 aliphatic rings. The molecule has 3 rings (SSSR count). The van der Waals surface area contributed by atoms with Crippen LogP contribution < -0.4 is 11.1 Å². The van der Waals surface area contributed by atoms with Gasteiger partial charge in [-0.3, -0.25) is 4.79 Å². The van der Waals surface area contributed by atoms with Crippen LogP contribution >= 0.6 is 0 Å². The number of anilines is 1. The molecule has 0 fully saturated rings. The maximum absolute atomic E-state index is 12.2. The maximum Gasteiger partial charge on any atom is 0.224 e. The number of nitrogens with two attached hydrogens (primary N) is 1. The van der Waals surface area contributed by atoms with Crippen molar-refractivity contribution >= 4 is 11.6 Å². The van der Waals surface area contributed by atoms with E-state index < -0.39 is 0 Å². The molecular formula is C17H20N4O. The van der Waals surface area contributed by atoms with Crippen molar-refractivity contribution in [3.8, 4) is 11.3 Å². The zero-order valence-electron chi connectivity index (χ0n) is 12.5. The summed E-state index contributed by atoms with van der Waals surface area (Å²) in [7, 11) is 0. The van der Waals surface area contributed by atoms with Gasteiger partial charge in [0, 0.05) is 18.2 Å². The first-order valence-corrected chi connectivity index (χ1v) is 7.50. The number of para-hydroxylation sites is 1. The number of H-pyrrole nitrogens is 1. The molecule has 1 aliphatic heterocycles. The summed E-state index contributed by atoms with van der Waals surface area (Å²) in [5.74, 6) is 0.933. The Balaban J connectivity index is 2.03. The average Bonchev–Trinajstić information content (AvgIpc) is 2.96. The number of rotatable bonds is 0. The Morgan fingerprint density at radius 1 is 1.32 bits per heavy atom. The number of nitrogens with one attached hydrogen (secondary N) is 2. The number of carbonyl (C=O) groups is 1. The van der Waals surface area contributed by atoms with Crippen LogP contribution in [-0.4, -0.2) is 15.9 Å². The Morgan fingerprint density at radius 2 is 2.14 bits per heavy atom. The highest BCUT2D eigenvalue weighted by molar-refractivity contribution is 5.95. The van der Waals surface area contributed by atoms with Gasteiger partial charge in [0.2, 0.25) is 5.91 Å². The van der Waals surface area contributed by atoms with Gasteiger partial charge < -0.3 is 16.0 Å². The third-order valence-corrected chi connectivity index (χ3v) is 3.79. The molecule has 1 unspecified atom stereocenters. The molecular weight excluding hydrogens is 276 g/mol. The topological polar surface area (TPSA) is 83.8 Å². The zero-order valence-corrected chi connectivity index (χ0v) is 12.5. The van der Waals surface area contributed by atoms with Crippen LogP contribution in [0.3, 0.4) is 0 Å². The Morgan fingerprint density at radius 3 is 3.00 bits per heavy atom. The van der Waals surface area contributed by atoms with Gasteiger partial charge in [-0.15, -0.1) is 0 Å². The Kier molecular flexibility index (Phi) is 4.06. The summed E-state index contributed by atoms with van der Waals surface area (Å²) in [6, 6.07) is 7.50. The minimum atomic E-state index is -0.172. The van der Waals surface area contributed by atoms with Gasteiger partial charge in [-0.05, 0) is 18.4 Å². The van der Waals surface area contributed by atoms with Gasteiger partial charge in [0.15, 0.2) is 0 Å². The van der Waals surface area contributed by atoms with E-state index in [0.717, 1.165) is 22.8 Å². The molecule has 5 heteroatoms. The third kappa shape index (κ3) is 3.09. The lowest BCUT2D eigenvalue weighted by atomic mass is 10.0. The minimum absolute atomic E-state index is 0.00362. The van der Waals surface area contributed by atoms with Gasteiger partial charge in [0.05, 0.1) is 17.4 Å². The van der Waals surface area contributed by atoms with Gasteiger partial charge >= 0.3 is 0 Å². The number of fused-ring (bicyclic) bond motifs is 4. The summed E-state index contributed by atoms with van der Waals surface area (Å²) in [6.07, 6.45) is 7.03. The monoisotopic (exact) mass is 296 g/mol. The van der Waals surface area contributed by atoms with Crippen molar-refractivity contribution < 1.29 is 4.79 Å². The van der Waals surface area contributed by atoms with Crippen LogP contribution in [0.4, 0.5) is 5.69 Å². The molecule has 114 valence electrons. The van der Waals surface area contributed by atoms with Gasteiger partial charge in [0.1, 0.15) is 5.82 Å². The first kappa shape index (κ1) is 14.5. The van der Waals surface area contributed by atoms with E-state index in [2.05, 4.69) is 15.3 Å². The molecule has 2 aromatic rings. The van der Waals surface area contributed by atoms with Crippen molar-refractivity contribution in [1.29, 1.82) is 0 Å². The summed E-state index contributed by atoms with van der Waals surface area (Å²) < 4.78 is 0. The highest BCUT2D eigenvalue weighted by atomic mass is 16.1. The van der Waals surface area contributed by atoms with E-state index in [-0.39, 0.29) is 17.9 Å². The number of aromatic amines is 1. The van der Waals surface area contributed by atoms with E-state index in [4.69, 9.17) is 5.73 Å². The van der Waals surface area contributed by atoms with Crippen molar-refractivity contribution in [1.82, 2.24) is 9.97 Å². The molecule has 4 N–H and O–H groups in total. The maximum atomic E-state index is 12.2. The molecule has 22 heavy (non-hydrogen) atoms. The molecule has 0 radical (unpaired) electrons. The number of nitrogens with zero attached hydrogens (tertiary/aromatic N) is 1. The largest absolute Gasteiger partial charge is 0.347 e. The van der Waals surface area contributed by atoms with Crippen LogP contribution in [0.2, 0.25) is 0 Å². The second kappa shape index (κ2) is 6.15. The standard InChI is InChI=1S/C17H20N4O/c1-11-5-4-7-13(18)17-19-10-15(21-17)12-6-2-3-8-14(12)20-16(22)9-11/h2-6,8,10-11,13H,7,9,18H2,1H3,(H,19,21)(H,20,22)/b5-4+/t11?,13-/m0/s1. The van der Waals surface area contributed by atoms with E-state index in [9.17, 15) is 4.79 Å². The second-order valence-electron chi connectivity index (χ2n) is 5.72. The fraction of sp³-hybridized carbons (Fsp3) is 0.294. The summed E-state index contributed by atoms with van der Waals surface area (Å²) >= 11 is 0. The third-order valence-electron chi connectivity index (χ3n) is 3.79. The van der Waals surface area contributed by atoms with E-state index in [0.29, 0.717) is 12.8 Å². The lowest BCUT2D eigenvalue weighted by Crippen LogP contribution is -2.15. The fourth-order valence-electron chi connectivity index (χ4n) is 2.61. The van der Waals surface area contributed by atoms with Crippen LogP contribution in [0.15, 0.2) is 42.6 Å². The number of allylic oxidation sites excluding steroid dienone is 1. The minimum Gasteiger partial charge on any atom is -0.347 e. The van der Waals surface area contributed by atoms with E-state index in [1.165, 1.54) is 0 Å². The van der Waals surface area contributed by atoms with Gasteiger partial charge in [0.25, 0.3) is 0 Å². The number of hydrogen-bond donors (Lipinski definition) is 3. The molecule has 1 aromatic heterocycles. The highest BCUT2D eigenvalue weighted by Gasteiger charge is 2.15. The van der Waals surface area contributed by atoms with Crippen LogP contribution in [-0.2, 0) is 4.79 Å². The highest BCUT2D eigenvalue weighted by Crippen LogP contribution is 2.28. The Labute approximate surface area is 129 Å². The number of hydrogen-bond acceptors (Lipinski definition) is 3. The molecule has 5 nitrogen and oxygen atoms in total. The van der Waals surface area contributed by atoms with Gasteiger partial charge in [-0.2, -0.15) is 0 Å². The lowest BCUT2D eigenvalue weighted by Gasteiger charge is -2.11. The number of amides is 1. The molecule has 0 saturated heterocycles. The molecule has 2 heterocycles. The SMILES string of the molecule is CC1/C=C/C[C@H](N)c2nc(c[nH]2)-c2ccccc2NC(=O)C1. The molecule has 1 aromatic carbocycles. The van der Waals surface area contributed by atoms with Crippen LogP contribution in [0.1, 0.15) is 31.6 Å². The van der Waals surface area contributed by atoms with Crippen molar-refractivity contribution in [3.05, 3.63) is 48.4 Å². The molecule has 0 saturated carbocycles. The Bertz CT molecular complexity index is 704. The molecule has 2 atom stereocenters. The van der Waals surface area contributed by atoms with Crippen molar-refractivity contribution in [2.24, 2.45) is 11.7 Å². The van der Waals surface area contributed by atoms with E-state index >= 15 is 0 Å². The zero-order chi connectivity index (χ0) is 15.5. The second-order valence-corrected chi connectivity index (χ2v) is 5.72. The van der Waals surface area contributed by atoms with Crippen LogP contribution in [0.25, 0.3) is 11.3 Å². The summed E-state index contributed by atoms with van der Waals surface area (Å²) in [5.41, 5.74) is 8.62. The number of carbonyl (C=O) groups excluding carboxylic acids is 1. The quantitative estimate of drug-likeness (QED) is 0.653. The number of imidazole rings is 1. The summed E-state index contributed by atoms with van der Waals surface area (Å²) in [5, 5.41) is 2.98. The first-order valence-electron chi connectivity index (χ1n) is 7.50. The average molecular weight is 296 g/mol. The molecule has 0 aliphatic carbocycles. The predicted molar refractivity (Wildman–Crippen MR) is 87.1 cm³/mol. The van der Waals surface area contributed by atoms with Crippen LogP contribution in [0, 0.1) is 5.92 Å². The smallest absolute Gasteiger partial charge is 0.224 e. The molecule has 1 amide bonds. The molecule has 2 bridgehead atoms. The van der Waals surface area contributed by atoms with E-state index in [1.807, 2.05) is 49.5 Å². The lowest BCUT2D eigenvalue weighted by molar-refractivity contribution is -0.116. The summed E-state index contributed by atoms with van der Waals surface area (Å²) in [6.45, 7) is 2.03. The number of benzene rings is 1. The summed E-state index contributed by atoms with van der Waals surface area (Å²) in [4.78, 5) is 19.9. The van der Waals surface area contributed by atoms with Gasteiger partial charge in [-0.25, -0.2) is 4.98 Å². The number of aromatic nitrogens is 2. The van der Waals surface area contributed by atoms with E-state index in [1.54, 1.807) is 0 Å². The van der Waals surface area contributed by atoms with Crippen LogP contribution in [0.5, 0.6) is 0 Å². The van der Waals surface area contributed by atoms with Crippen molar-refractivity contribution in [3.63, 3.8) is 0 Å². The molecule has 0 spiro atoms. The fourth-order valence-corrected chi connectivity index (χ4v) is 2.61. The Hall–Kier alpha value is -2.40. The normalized spacial score (nSPS) is 23.5. The van der Waals surface area contributed by atoms with Crippen molar-refractivity contribution in [2.75, 3.05) is 5.32 Å². The van der Waals surface area contributed by atoms with Gasteiger partial charge in [-0.1, -0.05) is 37.3 Å². The van der Waals surface area contributed by atoms with Crippen molar-refractivity contribution in [2.45, 2.75) is 25.8 Å². The first-order chi connectivity index (χ1) is 10.6.